The lowest BCUT2D eigenvalue weighted by atomic mass is 9.86. The van der Waals surface area contributed by atoms with E-state index < -0.39 is 0 Å². The lowest BCUT2D eigenvalue weighted by molar-refractivity contribution is 0.354. The summed E-state index contributed by atoms with van der Waals surface area (Å²) in [5, 5.41) is 10.1. The van der Waals surface area contributed by atoms with Gasteiger partial charge in [-0.15, -0.1) is 0 Å². The van der Waals surface area contributed by atoms with Crippen LogP contribution in [0.15, 0.2) is 30.3 Å². The summed E-state index contributed by atoms with van der Waals surface area (Å²) >= 11 is 5.93. The van der Waals surface area contributed by atoms with Crippen LogP contribution < -0.4 is 0 Å². The summed E-state index contributed by atoms with van der Waals surface area (Å²) in [6.07, 6.45) is 7.60. The quantitative estimate of drug-likeness (QED) is 0.817. The summed E-state index contributed by atoms with van der Waals surface area (Å²) in [6.45, 7) is 0. The molecule has 0 spiro atoms. The summed E-state index contributed by atoms with van der Waals surface area (Å²) in [4.78, 5) is 3.45. The molecule has 0 amide bonds. The maximum atomic E-state index is 9.36. The van der Waals surface area contributed by atoms with Crippen molar-refractivity contribution in [2.45, 2.75) is 38.5 Å². The highest BCUT2D eigenvalue weighted by Crippen LogP contribution is 2.29. The van der Waals surface area contributed by atoms with Gasteiger partial charge >= 0.3 is 0 Å². The highest BCUT2D eigenvalue weighted by atomic mass is 35.5. The van der Waals surface area contributed by atoms with Gasteiger partial charge in [0.1, 0.15) is 6.07 Å². The number of nitriles is 1. The van der Waals surface area contributed by atoms with Gasteiger partial charge in [-0.3, -0.25) is 0 Å². The molecule has 1 N–H and O–H groups in total. The topological polar surface area (TPSA) is 39.6 Å². The number of aromatic nitrogens is 1. The molecule has 3 heteroatoms. The Kier molecular flexibility index (Phi) is 4.31. The molecule has 2 aromatic rings. The van der Waals surface area contributed by atoms with Gasteiger partial charge in [-0.2, -0.15) is 5.26 Å². The molecule has 0 unspecified atom stereocenters. The van der Waals surface area contributed by atoms with E-state index in [-0.39, 0.29) is 0 Å². The molecule has 108 valence electrons. The van der Waals surface area contributed by atoms with E-state index in [4.69, 9.17) is 11.6 Å². The molecule has 0 aliphatic heterocycles. The van der Waals surface area contributed by atoms with E-state index in [0.717, 1.165) is 39.9 Å². The summed E-state index contributed by atoms with van der Waals surface area (Å²) < 4.78 is 0. The smallest absolute Gasteiger partial charge is 0.101 e. The Hall–Kier alpha value is -1.72. The fourth-order valence-corrected chi connectivity index (χ4v) is 3.35. The van der Waals surface area contributed by atoms with E-state index in [9.17, 15) is 5.26 Å². The zero-order valence-corrected chi connectivity index (χ0v) is 12.8. The number of rotatable bonds is 3. The average Bonchev–Trinajstić information content (AvgIpc) is 2.92. The molecular formula is C18H19ClN2. The summed E-state index contributed by atoms with van der Waals surface area (Å²) in [7, 11) is 0. The largest absolute Gasteiger partial charge is 0.357 e. The SMILES string of the molecule is N#Cc1cc(-c2ccc(Cl)cc2)[nH]c1CC1CCCCC1. The number of hydrogen-bond acceptors (Lipinski definition) is 1. The molecule has 0 saturated heterocycles. The fraction of sp³-hybridized carbons (Fsp3) is 0.389. The van der Waals surface area contributed by atoms with E-state index in [1.165, 1.54) is 32.1 Å². The van der Waals surface area contributed by atoms with Gasteiger partial charge in [0.05, 0.1) is 5.56 Å². The van der Waals surface area contributed by atoms with Gasteiger partial charge in [0.2, 0.25) is 0 Å². The zero-order valence-electron chi connectivity index (χ0n) is 12.0. The number of benzene rings is 1. The number of nitrogens with one attached hydrogen (secondary N) is 1. The molecule has 0 bridgehead atoms. The number of hydrogen-bond donors (Lipinski definition) is 1. The van der Waals surface area contributed by atoms with Crippen LogP contribution in [0.4, 0.5) is 0 Å². The molecule has 1 aliphatic rings. The van der Waals surface area contributed by atoms with Crippen LogP contribution in [0.2, 0.25) is 5.02 Å². The molecule has 0 radical (unpaired) electrons. The molecule has 0 atom stereocenters. The van der Waals surface area contributed by atoms with Gasteiger partial charge in [0.25, 0.3) is 0 Å². The highest BCUT2D eigenvalue weighted by molar-refractivity contribution is 6.30. The third-order valence-corrected chi connectivity index (χ3v) is 4.64. The Labute approximate surface area is 130 Å². The van der Waals surface area contributed by atoms with Crippen LogP contribution in [0.5, 0.6) is 0 Å². The Balaban J connectivity index is 1.84. The molecular weight excluding hydrogens is 280 g/mol. The maximum absolute atomic E-state index is 9.36. The predicted molar refractivity (Wildman–Crippen MR) is 86.2 cm³/mol. The minimum absolute atomic E-state index is 0.725. The maximum Gasteiger partial charge on any atom is 0.101 e. The van der Waals surface area contributed by atoms with Gasteiger partial charge in [0.15, 0.2) is 0 Å². The van der Waals surface area contributed by atoms with Crippen LogP contribution in [0.25, 0.3) is 11.3 Å². The van der Waals surface area contributed by atoms with Crippen molar-refractivity contribution in [1.82, 2.24) is 4.98 Å². The van der Waals surface area contributed by atoms with Crippen LogP contribution in [0, 0.1) is 17.2 Å². The van der Waals surface area contributed by atoms with Gasteiger partial charge in [-0.25, -0.2) is 0 Å². The van der Waals surface area contributed by atoms with Gasteiger partial charge in [-0.1, -0.05) is 55.8 Å². The lowest BCUT2D eigenvalue weighted by Gasteiger charge is -2.20. The third kappa shape index (κ3) is 3.31. The van der Waals surface area contributed by atoms with E-state index in [0.29, 0.717) is 0 Å². The fourth-order valence-electron chi connectivity index (χ4n) is 3.22. The predicted octanol–water partition coefficient (Wildman–Crippen LogP) is 5.33. The van der Waals surface area contributed by atoms with E-state index in [2.05, 4.69) is 11.1 Å². The van der Waals surface area contributed by atoms with Crippen molar-refractivity contribution in [3.8, 4) is 17.3 Å². The first-order chi connectivity index (χ1) is 10.3. The molecule has 1 aromatic heterocycles. The van der Waals surface area contributed by atoms with Crippen molar-refractivity contribution < 1.29 is 0 Å². The highest BCUT2D eigenvalue weighted by Gasteiger charge is 2.17. The zero-order chi connectivity index (χ0) is 14.7. The van der Waals surface area contributed by atoms with Gasteiger partial charge in [-0.05, 0) is 36.1 Å². The van der Waals surface area contributed by atoms with E-state index in [1.807, 2.05) is 30.3 Å². The first-order valence-electron chi connectivity index (χ1n) is 7.64. The van der Waals surface area contributed by atoms with Crippen LogP contribution in [-0.2, 0) is 6.42 Å². The second kappa shape index (κ2) is 6.37. The normalized spacial score (nSPS) is 15.8. The Morgan fingerprint density at radius 2 is 1.86 bits per heavy atom. The Bertz CT molecular complexity index is 643. The van der Waals surface area contributed by atoms with E-state index >= 15 is 0 Å². The van der Waals surface area contributed by atoms with Crippen molar-refractivity contribution in [2.75, 3.05) is 0 Å². The monoisotopic (exact) mass is 298 g/mol. The molecule has 1 fully saturated rings. The van der Waals surface area contributed by atoms with Gasteiger partial charge in [0, 0.05) is 16.4 Å². The van der Waals surface area contributed by atoms with Crippen molar-refractivity contribution in [3.05, 3.63) is 46.6 Å². The second-order valence-electron chi connectivity index (χ2n) is 5.90. The van der Waals surface area contributed by atoms with Crippen LogP contribution in [0.1, 0.15) is 43.4 Å². The number of aromatic amines is 1. The molecule has 1 aliphatic carbocycles. The minimum atomic E-state index is 0.725. The summed E-state index contributed by atoms with van der Waals surface area (Å²) in [5.41, 5.74) is 3.96. The van der Waals surface area contributed by atoms with Crippen LogP contribution in [-0.4, -0.2) is 4.98 Å². The molecule has 1 aromatic carbocycles. The van der Waals surface area contributed by atoms with Crippen LogP contribution >= 0.6 is 11.6 Å². The molecule has 2 nitrogen and oxygen atoms in total. The standard InChI is InChI=1S/C18H19ClN2/c19-16-8-6-14(7-9-16)18-11-15(12-20)17(21-18)10-13-4-2-1-3-5-13/h6-9,11,13,21H,1-5,10H2. The average molecular weight is 299 g/mol. The Morgan fingerprint density at radius 1 is 1.14 bits per heavy atom. The number of nitrogens with zero attached hydrogens (tertiary/aromatic N) is 1. The summed E-state index contributed by atoms with van der Waals surface area (Å²) in [6, 6.07) is 12.0. The van der Waals surface area contributed by atoms with Gasteiger partial charge < -0.3 is 4.98 Å². The van der Waals surface area contributed by atoms with Crippen molar-refractivity contribution in [2.24, 2.45) is 5.92 Å². The second-order valence-corrected chi connectivity index (χ2v) is 6.34. The molecule has 1 heterocycles. The minimum Gasteiger partial charge on any atom is -0.357 e. The molecule has 1 saturated carbocycles. The van der Waals surface area contributed by atoms with Crippen molar-refractivity contribution in [1.29, 1.82) is 5.26 Å². The number of halogens is 1. The summed E-state index contributed by atoms with van der Waals surface area (Å²) in [5.74, 6) is 0.725. The first kappa shape index (κ1) is 14.2. The van der Waals surface area contributed by atoms with Crippen molar-refractivity contribution in [3.63, 3.8) is 0 Å². The van der Waals surface area contributed by atoms with E-state index in [1.54, 1.807) is 0 Å². The first-order valence-corrected chi connectivity index (χ1v) is 8.02. The molecule has 3 rings (SSSR count). The van der Waals surface area contributed by atoms with Crippen LogP contribution in [0.3, 0.4) is 0 Å². The Morgan fingerprint density at radius 3 is 2.52 bits per heavy atom. The lowest BCUT2D eigenvalue weighted by Crippen LogP contribution is -2.10. The molecule has 21 heavy (non-hydrogen) atoms. The number of H-pyrrole nitrogens is 1. The van der Waals surface area contributed by atoms with Crippen molar-refractivity contribution >= 4 is 11.6 Å². The third-order valence-electron chi connectivity index (χ3n) is 4.39.